The van der Waals surface area contributed by atoms with Gasteiger partial charge in [-0.05, 0) is 59.4 Å². The molecule has 4 heterocycles. The van der Waals surface area contributed by atoms with E-state index in [0.29, 0.717) is 0 Å². The molecule has 0 aliphatic carbocycles. The van der Waals surface area contributed by atoms with Crippen molar-refractivity contribution in [2.45, 2.75) is 0 Å². The summed E-state index contributed by atoms with van der Waals surface area (Å²) in [7, 11) is 0. The number of thiophene rings is 1. The van der Waals surface area contributed by atoms with Crippen molar-refractivity contribution in [2.75, 3.05) is 0 Å². The third kappa shape index (κ3) is 6.06. The Labute approximate surface area is 313 Å². The van der Waals surface area contributed by atoms with Crippen molar-refractivity contribution < 1.29 is 20.1 Å². The van der Waals surface area contributed by atoms with Crippen molar-refractivity contribution in [2.24, 2.45) is 0 Å². The molecule has 0 aliphatic rings. The van der Waals surface area contributed by atoms with E-state index in [0.717, 1.165) is 22.5 Å². The van der Waals surface area contributed by atoms with Gasteiger partial charge in [-0.2, -0.15) is 0 Å². The van der Waals surface area contributed by atoms with Crippen LogP contribution in [0.4, 0.5) is 0 Å². The monoisotopic (exact) mass is 848 g/mol. The zero-order valence-corrected chi connectivity index (χ0v) is 30.5. The van der Waals surface area contributed by atoms with E-state index in [4.69, 9.17) is 4.98 Å². The van der Waals surface area contributed by atoms with E-state index >= 15 is 0 Å². The first-order valence-electron chi connectivity index (χ1n) is 16.6. The molecule has 0 unspecified atom stereocenters. The Morgan fingerprint density at radius 3 is 1.90 bits per heavy atom. The minimum atomic E-state index is 0. The predicted molar refractivity (Wildman–Crippen MR) is 210 cm³/mol. The Kier molecular flexibility index (Phi) is 9.09. The van der Waals surface area contributed by atoms with Gasteiger partial charge in [0, 0.05) is 74.7 Å². The van der Waals surface area contributed by atoms with Crippen LogP contribution < -0.4 is 0 Å². The molecular weight excluding hydrogens is 819 g/mol. The van der Waals surface area contributed by atoms with Gasteiger partial charge in [0.1, 0.15) is 0 Å². The van der Waals surface area contributed by atoms with Crippen LogP contribution >= 0.6 is 11.3 Å². The molecule has 10 aromatic rings. The van der Waals surface area contributed by atoms with Gasteiger partial charge in [-0.3, -0.25) is 0 Å². The predicted octanol–water partition coefficient (Wildman–Crippen LogP) is 12.2. The van der Waals surface area contributed by atoms with Crippen molar-refractivity contribution in [1.82, 2.24) is 14.5 Å². The summed E-state index contributed by atoms with van der Waals surface area (Å²) in [5, 5.41) is 5.13. The number of nitrogens with zero attached hydrogens (tertiary/aromatic N) is 3. The average molecular weight is 848 g/mol. The quantitative estimate of drug-likeness (QED) is 0.165. The number of benzene rings is 6. The Bertz CT molecular complexity index is 2700. The van der Waals surface area contributed by atoms with E-state index in [1.54, 1.807) is 6.20 Å². The van der Waals surface area contributed by atoms with Crippen LogP contribution in [0.1, 0.15) is 0 Å². The molecule has 0 N–H and O–H groups in total. The standard InChI is InChI=1S/C35H21N2S.C11H8N.Ir/c1-3-11-23(12-4-1)28-21-24(19-20-36-28)33-34-26-15-7-9-17-29(26)37(25-13-5-2-6-14-25)30(34)22-32-35(33)27-16-8-10-18-31(27)38-32;1-2-6-10(7-3-1)11-8-4-5-9-12-11;/h1-11,13-22H;1-6,8-9H;/q2*-1;. The smallest absolute Gasteiger partial charge is 0.0561 e. The third-order valence-electron chi connectivity index (χ3n) is 9.00. The normalized spacial score (nSPS) is 11.0. The molecule has 0 atom stereocenters. The van der Waals surface area contributed by atoms with E-state index in [-0.39, 0.29) is 20.1 Å². The number of rotatable bonds is 4. The van der Waals surface area contributed by atoms with Crippen LogP contribution in [0.2, 0.25) is 0 Å². The second kappa shape index (κ2) is 14.3. The Morgan fingerprint density at radius 2 is 1.16 bits per heavy atom. The number of hydrogen-bond donors (Lipinski definition) is 0. The van der Waals surface area contributed by atoms with Crippen LogP contribution in [0, 0.1) is 12.1 Å². The van der Waals surface area contributed by atoms with Crippen LogP contribution in [0.15, 0.2) is 176 Å². The molecule has 6 aromatic carbocycles. The fraction of sp³-hybridized carbons (Fsp3) is 0. The number of aromatic nitrogens is 3. The number of hydrogen-bond acceptors (Lipinski definition) is 3. The Balaban J connectivity index is 0.000000245. The van der Waals surface area contributed by atoms with E-state index in [2.05, 4.69) is 125 Å². The van der Waals surface area contributed by atoms with Crippen molar-refractivity contribution in [3.05, 3.63) is 188 Å². The molecule has 0 fully saturated rings. The molecular formula is C46H29IrN3S-2. The first-order valence-corrected chi connectivity index (χ1v) is 17.4. The second-order valence-corrected chi connectivity index (χ2v) is 13.1. The van der Waals surface area contributed by atoms with Gasteiger partial charge in [0.25, 0.3) is 0 Å². The van der Waals surface area contributed by atoms with Gasteiger partial charge in [0.2, 0.25) is 0 Å². The molecule has 0 spiro atoms. The maximum Gasteiger partial charge on any atom is 0.0561 e. The fourth-order valence-electron chi connectivity index (χ4n) is 6.84. The fourth-order valence-corrected chi connectivity index (χ4v) is 7.98. The van der Waals surface area contributed by atoms with Crippen molar-refractivity contribution >= 4 is 53.3 Å². The van der Waals surface area contributed by atoms with Gasteiger partial charge < -0.3 is 14.5 Å². The summed E-state index contributed by atoms with van der Waals surface area (Å²) in [5.41, 5.74) is 9.97. The molecule has 0 saturated carbocycles. The topological polar surface area (TPSA) is 30.7 Å². The summed E-state index contributed by atoms with van der Waals surface area (Å²) in [6, 6.07) is 63.2. The van der Waals surface area contributed by atoms with Crippen LogP contribution in [0.5, 0.6) is 0 Å². The summed E-state index contributed by atoms with van der Waals surface area (Å²) >= 11 is 1.86. The average Bonchev–Trinajstić information content (AvgIpc) is 3.74. The second-order valence-electron chi connectivity index (χ2n) is 12.0. The molecule has 51 heavy (non-hydrogen) atoms. The van der Waals surface area contributed by atoms with Gasteiger partial charge in [-0.1, -0.05) is 72.8 Å². The minimum absolute atomic E-state index is 0. The molecule has 1 radical (unpaired) electrons. The zero-order chi connectivity index (χ0) is 33.3. The van der Waals surface area contributed by atoms with Crippen LogP contribution in [0.3, 0.4) is 0 Å². The number of fused-ring (bicyclic) bond motifs is 6. The SMILES string of the molecule is [Ir].[c-]1ccccc1-c1cc(-c2c3c(cc4c2c2ccccc2n4-c2ccccc2)sc2ccccc23)ccn1.[c-]1ccccc1-c1ccccn1. The van der Waals surface area contributed by atoms with E-state index in [1.807, 2.05) is 78.2 Å². The molecule has 0 bridgehead atoms. The minimum Gasteiger partial charge on any atom is -0.309 e. The molecule has 0 saturated heterocycles. The Morgan fingerprint density at radius 1 is 0.490 bits per heavy atom. The summed E-state index contributed by atoms with van der Waals surface area (Å²) in [4.78, 5) is 8.94. The molecule has 0 amide bonds. The molecule has 0 aliphatic heterocycles. The maximum absolute atomic E-state index is 4.73. The van der Waals surface area contributed by atoms with Gasteiger partial charge in [0.15, 0.2) is 0 Å². The molecule has 3 nitrogen and oxygen atoms in total. The summed E-state index contributed by atoms with van der Waals surface area (Å²) < 4.78 is 5.00. The summed E-state index contributed by atoms with van der Waals surface area (Å²) in [5.74, 6) is 0. The zero-order valence-electron chi connectivity index (χ0n) is 27.3. The van der Waals surface area contributed by atoms with Gasteiger partial charge in [-0.15, -0.1) is 83.1 Å². The summed E-state index contributed by atoms with van der Waals surface area (Å²) in [6.07, 6.45) is 3.72. The molecule has 5 heteroatoms. The largest absolute Gasteiger partial charge is 0.309 e. The van der Waals surface area contributed by atoms with Crippen molar-refractivity contribution in [3.63, 3.8) is 0 Å². The van der Waals surface area contributed by atoms with Crippen molar-refractivity contribution in [3.8, 4) is 39.3 Å². The van der Waals surface area contributed by atoms with Crippen LogP contribution in [0.25, 0.3) is 81.3 Å². The van der Waals surface area contributed by atoms with Gasteiger partial charge in [-0.25, -0.2) is 0 Å². The first-order chi connectivity index (χ1) is 24.8. The van der Waals surface area contributed by atoms with E-state index in [1.165, 1.54) is 58.8 Å². The first kappa shape index (κ1) is 32.5. The summed E-state index contributed by atoms with van der Waals surface area (Å²) in [6.45, 7) is 0. The van der Waals surface area contributed by atoms with Gasteiger partial charge >= 0.3 is 0 Å². The Hall–Kier alpha value is -5.71. The third-order valence-corrected chi connectivity index (χ3v) is 10.1. The van der Waals surface area contributed by atoms with E-state index < -0.39 is 0 Å². The number of para-hydroxylation sites is 2. The number of pyridine rings is 2. The van der Waals surface area contributed by atoms with E-state index in [9.17, 15) is 0 Å². The molecule has 245 valence electrons. The van der Waals surface area contributed by atoms with Crippen LogP contribution in [-0.4, -0.2) is 14.5 Å². The van der Waals surface area contributed by atoms with Crippen LogP contribution in [-0.2, 0) is 20.1 Å². The maximum atomic E-state index is 4.73. The molecule has 10 rings (SSSR count). The van der Waals surface area contributed by atoms with Gasteiger partial charge in [0.05, 0.1) is 11.0 Å². The molecule has 4 aromatic heterocycles. The van der Waals surface area contributed by atoms with Crippen molar-refractivity contribution in [1.29, 1.82) is 0 Å².